The molecule has 0 heterocycles. The van der Waals surface area contributed by atoms with Crippen molar-refractivity contribution in [3.05, 3.63) is 54.1 Å². The summed E-state index contributed by atoms with van der Waals surface area (Å²) in [5.41, 5.74) is 10.8. The summed E-state index contributed by atoms with van der Waals surface area (Å²) in [6.07, 6.45) is 3.47. The fourth-order valence-electron chi connectivity index (χ4n) is 2.67. The molecule has 0 saturated heterocycles. The molecule has 118 valence electrons. The third-order valence-electron chi connectivity index (χ3n) is 4.24. The average Bonchev–Trinajstić information content (AvgIpc) is 2.54. The molecular formula is C20H28N2. The van der Waals surface area contributed by atoms with Crippen molar-refractivity contribution in [2.45, 2.75) is 26.2 Å². The molecule has 1 unspecified atom stereocenters. The van der Waals surface area contributed by atoms with Crippen molar-refractivity contribution in [1.82, 2.24) is 0 Å². The summed E-state index contributed by atoms with van der Waals surface area (Å²) in [6.45, 7) is 3.08. The van der Waals surface area contributed by atoms with Crippen LogP contribution in [0, 0.1) is 5.92 Å². The van der Waals surface area contributed by atoms with Crippen LogP contribution < -0.4 is 10.6 Å². The first-order chi connectivity index (χ1) is 10.6. The molecule has 0 aromatic heterocycles. The van der Waals surface area contributed by atoms with Crippen LogP contribution >= 0.6 is 0 Å². The molecule has 22 heavy (non-hydrogen) atoms. The molecule has 2 aromatic carbocycles. The van der Waals surface area contributed by atoms with Gasteiger partial charge in [-0.25, -0.2) is 0 Å². The Balaban J connectivity index is 2.04. The van der Waals surface area contributed by atoms with Gasteiger partial charge in [0.2, 0.25) is 0 Å². The minimum atomic E-state index is 0.710. The number of hydrogen-bond acceptors (Lipinski definition) is 2. The molecule has 2 heteroatoms. The van der Waals surface area contributed by atoms with E-state index in [0.29, 0.717) is 5.92 Å². The van der Waals surface area contributed by atoms with Crippen LogP contribution in [-0.2, 0) is 6.42 Å². The summed E-state index contributed by atoms with van der Waals surface area (Å²) in [5, 5.41) is 0. The summed E-state index contributed by atoms with van der Waals surface area (Å²) in [6, 6.07) is 17.6. The van der Waals surface area contributed by atoms with Crippen molar-refractivity contribution < 1.29 is 0 Å². The number of benzene rings is 2. The summed E-state index contributed by atoms with van der Waals surface area (Å²) in [7, 11) is 4.15. The second kappa shape index (κ2) is 8.00. The first-order valence-corrected chi connectivity index (χ1v) is 8.17. The molecular weight excluding hydrogens is 268 g/mol. The van der Waals surface area contributed by atoms with Crippen LogP contribution in [0.15, 0.2) is 48.5 Å². The van der Waals surface area contributed by atoms with E-state index in [0.717, 1.165) is 19.4 Å². The van der Waals surface area contributed by atoms with Crippen LogP contribution in [0.5, 0.6) is 0 Å². The quantitative estimate of drug-likeness (QED) is 0.823. The van der Waals surface area contributed by atoms with Gasteiger partial charge >= 0.3 is 0 Å². The first kappa shape index (κ1) is 16.6. The zero-order valence-corrected chi connectivity index (χ0v) is 14.0. The van der Waals surface area contributed by atoms with E-state index in [4.69, 9.17) is 5.73 Å². The molecule has 0 spiro atoms. The van der Waals surface area contributed by atoms with E-state index in [1.165, 1.54) is 28.8 Å². The lowest BCUT2D eigenvalue weighted by atomic mass is 9.96. The van der Waals surface area contributed by atoms with Crippen LogP contribution in [0.4, 0.5) is 5.69 Å². The number of nitrogens with two attached hydrogens (primary N) is 1. The fourth-order valence-corrected chi connectivity index (χ4v) is 2.67. The van der Waals surface area contributed by atoms with Crippen molar-refractivity contribution in [1.29, 1.82) is 0 Å². The van der Waals surface area contributed by atoms with Gasteiger partial charge in [0.05, 0.1) is 0 Å². The van der Waals surface area contributed by atoms with Crippen LogP contribution in [0.2, 0.25) is 0 Å². The lowest BCUT2D eigenvalue weighted by molar-refractivity contribution is 0.500. The van der Waals surface area contributed by atoms with E-state index in [2.05, 4.69) is 74.4 Å². The van der Waals surface area contributed by atoms with Gasteiger partial charge in [0.15, 0.2) is 0 Å². The van der Waals surface area contributed by atoms with Gasteiger partial charge in [-0.1, -0.05) is 43.3 Å². The van der Waals surface area contributed by atoms with E-state index in [9.17, 15) is 0 Å². The molecule has 2 rings (SSSR count). The molecule has 0 saturated carbocycles. The smallest absolute Gasteiger partial charge is 0.0367 e. The van der Waals surface area contributed by atoms with E-state index in [1.807, 2.05) is 0 Å². The molecule has 2 aromatic rings. The topological polar surface area (TPSA) is 29.3 Å². The number of anilines is 1. The number of hydrogen-bond donors (Lipinski definition) is 1. The Labute approximate surface area is 135 Å². The minimum absolute atomic E-state index is 0.710. The number of nitrogens with zero attached hydrogens (tertiary/aromatic N) is 1. The molecule has 0 aliphatic heterocycles. The highest BCUT2D eigenvalue weighted by molar-refractivity contribution is 5.68. The first-order valence-electron chi connectivity index (χ1n) is 8.17. The normalized spacial score (nSPS) is 12.2. The SMILES string of the molecule is CC(CCN)CCc1ccc(-c2cccc(N(C)C)c2)cc1. The van der Waals surface area contributed by atoms with Gasteiger partial charge in [0.1, 0.15) is 0 Å². The van der Waals surface area contributed by atoms with Gasteiger partial charge in [-0.3, -0.25) is 0 Å². The Hall–Kier alpha value is -1.80. The van der Waals surface area contributed by atoms with Crippen molar-refractivity contribution >= 4 is 5.69 Å². The predicted octanol–water partition coefficient (Wildman–Crippen LogP) is 4.34. The second-order valence-electron chi connectivity index (χ2n) is 6.36. The fraction of sp³-hybridized carbons (Fsp3) is 0.400. The van der Waals surface area contributed by atoms with Gasteiger partial charge in [-0.05, 0) is 60.5 Å². The molecule has 0 aliphatic rings. The number of rotatable bonds is 7. The van der Waals surface area contributed by atoms with Gasteiger partial charge in [-0.2, -0.15) is 0 Å². The third-order valence-corrected chi connectivity index (χ3v) is 4.24. The highest BCUT2D eigenvalue weighted by atomic mass is 15.1. The maximum absolute atomic E-state index is 5.61. The molecule has 0 amide bonds. The summed E-state index contributed by atoms with van der Waals surface area (Å²) in [4.78, 5) is 2.14. The summed E-state index contributed by atoms with van der Waals surface area (Å²) in [5.74, 6) is 0.710. The largest absolute Gasteiger partial charge is 0.378 e. The van der Waals surface area contributed by atoms with Gasteiger partial charge in [0, 0.05) is 19.8 Å². The van der Waals surface area contributed by atoms with E-state index < -0.39 is 0 Å². The zero-order chi connectivity index (χ0) is 15.9. The maximum Gasteiger partial charge on any atom is 0.0367 e. The Morgan fingerprint density at radius 2 is 1.68 bits per heavy atom. The maximum atomic E-state index is 5.61. The van der Waals surface area contributed by atoms with Crippen molar-refractivity contribution in [2.75, 3.05) is 25.5 Å². The Kier molecular flexibility index (Phi) is 6.02. The van der Waals surface area contributed by atoms with Crippen molar-refractivity contribution in [3.8, 4) is 11.1 Å². The molecule has 0 fully saturated rings. The van der Waals surface area contributed by atoms with E-state index in [-0.39, 0.29) is 0 Å². The molecule has 2 nitrogen and oxygen atoms in total. The summed E-state index contributed by atoms with van der Waals surface area (Å²) >= 11 is 0. The highest BCUT2D eigenvalue weighted by Gasteiger charge is 2.04. The van der Waals surface area contributed by atoms with Crippen LogP contribution in [0.1, 0.15) is 25.3 Å². The number of aryl methyl sites for hydroxylation is 1. The van der Waals surface area contributed by atoms with Gasteiger partial charge < -0.3 is 10.6 Å². The zero-order valence-electron chi connectivity index (χ0n) is 14.0. The average molecular weight is 296 g/mol. The van der Waals surface area contributed by atoms with E-state index >= 15 is 0 Å². The molecule has 2 N–H and O–H groups in total. The molecule has 0 bridgehead atoms. The van der Waals surface area contributed by atoms with Crippen LogP contribution in [0.25, 0.3) is 11.1 Å². The minimum Gasteiger partial charge on any atom is -0.378 e. The van der Waals surface area contributed by atoms with Gasteiger partial charge in [-0.15, -0.1) is 0 Å². The van der Waals surface area contributed by atoms with E-state index in [1.54, 1.807) is 0 Å². The second-order valence-corrected chi connectivity index (χ2v) is 6.36. The Morgan fingerprint density at radius 1 is 0.955 bits per heavy atom. The highest BCUT2D eigenvalue weighted by Crippen LogP contribution is 2.24. The lowest BCUT2D eigenvalue weighted by Crippen LogP contribution is -2.08. The third kappa shape index (κ3) is 4.60. The molecule has 0 aliphatic carbocycles. The lowest BCUT2D eigenvalue weighted by Gasteiger charge is -2.14. The molecule has 1 atom stereocenters. The standard InChI is InChI=1S/C20H28N2/c1-16(13-14-21)7-8-17-9-11-18(12-10-17)19-5-4-6-20(15-19)22(2)3/h4-6,9-12,15-16H,7-8,13-14,21H2,1-3H3. The van der Waals surface area contributed by atoms with Crippen molar-refractivity contribution in [3.63, 3.8) is 0 Å². The van der Waals surface area contributed by atoms with Crippen molar-refractivity contribution in [2.24, 2.45) is 11.7 Å². The van der Waals surface area contributed by atoms with Crippen LogP contribution in [-0.4, -0.2) is 20.6 Å². The summed E-state index contributed by atoms with van der Waals surface area (Å²) < 4.78 is 0. The molecule has 0 radical (unpaired) electrons. The van der Waals surface area contributed by atoms with Gasteiger partial charge in [0.25, 0.3) is 0 Å². The monoisotopic (exact) mass is 296 g/mol. The van der Waals surface area contributed by atoms with Crippen LogP contribution in [0.3, 0.4) is 0 Å². The Bertz CT molecular complexity index is 573. The Morgan fingerprint density at radius 3 is 2.32 bits per heavy atom. The predicted molar refractivity (Wildman–Crippen MR) is 97.4 cm³/mol.